The van der Waals surface area contributed by atoms with Crippen LogP contribution in [0.15, 0.2) is 59.6 Å². The Morgan fingerprint density at radius 2 is 1.70 bits per heavy atom. The number of halogens is 1. The SMILES string of the molecule is CS(=O)(=O)c1ccc(Cn2cc(C3CCNCC3)c3ccccc32)cc1.Cl. The summed E-state index contributed by atoms with van der Waals surface area (Å²) < 4.78 is 25.6. The molecule has 0 unspecified atom stereocenters. The molecule has 0 bridgehead atoms. The summed E-state index contributed by atoms with van der Waals surface area (Å²) in [7, 11) is -3.15. The predicted molar refractivity (Wildman–Crippen MR) is 113 cm³/mol. The van der Waals surface area contributed by atoms with Crippen LogP contribution < -0.4 is 5.32 Å². The number of nitrogens with one attached hydrogen (secondary N) is 1. The van der Waals surface area contributed by atoms with Gasteiger partial charge in [-0.15, -0.1) is 12.4 Å². The highest BCUT2D eigenvalue weighted by Crippen LogP contribution is 2.33. The van der Waals surface area contributed by atoms with Gasteiger partial charge in [-0.3, -0.25) is 0 Å². The highest BCUT2D eigenvalue weighted by Gasteiger charge is 2.20. The molecule has 6 heteroatoms. The number of fused-ring (bicyclic) bond motifs is 1. The lowest BCUT2D eigenvalue weighted by Crippen LogP contribution is -2.26. The van der Waals surface area contributed by atoms with Crippen LogP contribution in [0.4, 0.5) is 0 Å². The summed E-state index contributed by atoms with van der Waals surface area (Å²) in [5.74, 6) is 0.606. The average Bonchev–Trinajstić information content (AvgIpc) is 3.01. The van der Waals surface area contributed by atoms with Gasteiger partial charge in [-0.1, -0.05) is 30.3 Å². The molecule has 0 radical (unpaired) electrons. The van der Waals surface area contributed by atoms with Crippen LogP contribution in [0.1, 0.15) is 29.9 Å². The fraction of sp³-hybridized carbons (Fsp3) is 0.333. The van der Waals surface area contributed by atoms with Gasteiger partial charge in [0.1, 0.15) is 0 Å². The van der Waals surface area contributed by atoms with E-state index < -0.39 is 9.84 Å². The molecule has 4 rings (SSSR count). The number of benzene rings is 2. The van der Waals surface area contributed by atoms with E-state index in [0.717, 1.165) is 25.2 Å². The average molecular weight is 405 g/mol. The molecule has 144 valence electrons. The molecule has 1 aliphatic rings. The van der Waals surface area contributed by atoms with Gasteiger partial charge in [-0.25, -0.2) is 8.42 Å². The van der Waals surface area contributed by atoms with Crippen LogP contribution >= 0.6 is 12.4 Å². The topological polar surface area (TPSA) is 51.1 Å². The second-order valence-corrected chi connectivity index (χ2v) is 9.19. The Bertz CT molecular complexity index is 1020. The summed E-state index contributed by atoms with van der Waals surface area (Å²) in [5, 5.41) is 4.78. The van der Waals surface area contributed by atoms with E-state index in [2.05, 4.69) is 40.3 Å². The van der Waals surface area contributed by atoms with Gasteiger partial charge in [-0.2, -0.15) is 0 Å². The third-order valence-corrected chi connectivity index (χ3v) is 6.43. The molecule has 0 amide bonds. The Labute approximate surface area is 166 Å². The normalized spacial score (nSPS) is 15.6. The molecular formula is C21H25ClN2O2S. The number of piperidine rings is 1. The zero-order valence-corrected chi connectivity index (χ0v) is 17.0. The molecule has 1 fully saturated rings. The summed E-state index contributed by atoms with van der Waals surface area (Å²) >= 11 is 0. The third-order valence-electron chi connectivity index (χ3n) is 5.30. The zero-order valence-electron chi connectivity index (χ0n) is 15.4. The summed E-state index contributed by atoms with van der Waals surface area (Å²) in [4.78, 5) is 0.369. The van der Waals surface area contributed by atoms with Gasteiger partial charge in [0.25, 0.3) is 0 Å². The summed E-state index contributed by atoms with van der Waals surface area (Å²) in [5.41, 5.74) is 3.79. The van der Waals surface area contributed by atoms with Crippen LogP contribution in [0.5, 0.6) is 0 Å². The van der Waals surface area contributed by atoms with Gasteiger partial charge in [0, 0.05) is 29.9 Å². The minimum Gasteiger partial charge on any atom is -0.343 e. The van der Waals surface area contributed by atoms with E-state index in [-0.39, 0.29) is 12.4 Å². The molecule has 3 aromatic rings. The van der Waals surface area contributed by atoms with Crippen molar-refractivity contribution in [2.45, 2.75) is 30.2 Å². The Morgan fingerprint density at radius 1 is 1.04 bits per heavy atom. The molecular weight excluding hydrogens is 380 g/mol. The van der Waals surface area contributed by atoms with Crippen molar-refractivity contribution in [3.8, 4) is 0 Å². The van der Waals surface area contributed by atoms with Gasteiger partial charge >= 0.3 is 0 Å². The Balaban J connectivity index is 0.00000210. The van der Waals surface area contributed by atoms with E-state index in [0.29, 0.717) is 10.8 Å². The van der Waals surface area contributed by atoms with Gasteiger partial charge in [0.05, 0.1) is 4.90 Å². The molecule has 0 atom stereocenters. The van der Waals surface area contributed by atoms with Gasteiger partial charge in [0.2, 0.25) is 0 Å². The van der Waals surface area contributed by atoms with Crippen LogP contribution in [0.3, 0.4) is 0 Å². The first-order valence-corrected chi connectivity index (χ1v) is 11.0. The van der Waals surface area contributed by atoms with Gasteiger partial charge in [0.15, 0.2) is 9.84 Å². The van der Waals surface area contributed by atoms with E-state index in [9.17, 15) is 8.42 Å². The second kappa shape index (κ2) is 8.05. The molecule has 0 saturated carbocycles. The molecule has 1 aromatic heterocycles. The Kier molecular flexibility index (Phi) is 5.94. The lowest BCUT2D eigenvalue weighted by Gasteiger charge is -2.22. The maximum absolute atomic E-state index is 11.6. The summed E-state index contributed by atoms with van der Waals surface area (Å²) in [6, 6.07) is 15.8. The van der Waals surface area contributed by atoms with Crippen molar-refractivity contribution >= 4 is 33.1 Å². The first kappa shape index (κ1) is 19.9. The predicted octanol–water partition coefficient (Wildman–Crippen LogP) is 3.98. The fourth-order valence-electron chi connectivity index (χ4n) is 3.90. The molecule has 1 aliphatic heterocycles. The van der Waals surface area contributed by atoms with E-state index in [1.54, 1.807) is 12.1 Å². The van der Waals surface area contributed by atoms with Gasteiger partial charge < -0.3 is 9.88 Å². The lowest BCUT2D eigenvalue weighted by molar-refractivity contribution is 0.461. The number of rotatable bonds is 4. The van der Waals surface area contributed by atoms with Crippen LogP contribution in [0.25, 0.3) is 10.9 Å². The molecule has 2 aromatic carbocycles. The standard InChI is InChI=1S/C21H24N2O2S.ClH/c1-26(24,25)18-8-6-16(7-9-18)14-23-15-20(17-10-12-22-13-11-17)19-4-2-3-5-21(19)23;/h2-9,15,17,22H,10-14H2,1H3;1H. The first-order chi connectivity index (χ1) is 12.5. The minimum absolute atomic E-state index is 0. The van der Waals surface area contributed by atoms with E-state index in [1.165, 1.54) is 35.6 Å². The smallest absolute Gasteiger partial charge is 0.175 e. The number of aromatic nitrogens is 1. The minimum atomic E-state index is -3.15. The van der Waals surface area contributed by atoms with Crippen LogP contribution in [0.2, 0.25) is 0 Å². The van der Waals surface area contributed by atoms with E-state index >= 15 is 0 Å². The van der Waals surface area contributed by atoms with Crippen molar-refractivity contribution in [3.63, 3.8) is 0 Å². The number of hydrogen-bond donors (Lipinski definition) is 1. The lowest BCUT2D eigenvalue weighted by atomic mass is 9.90. The molecule has 2 heterocycles. The Hall–Kier alpha value is -1.82. The van der Waals surface area contributed by atoms with E-state index in [1.807, 2.05) is 12.1 Å². The van der Waals surface area contributed by atoms with Crippen molar-refractivity contribution in [1.82, 2.24) is 9.88 Å². The quantitative estimate of drug-likeness (QED) is 0.715. The number of para-hydroxylation sites is 1. The van der Waals surface area contributed by atoms with Gasteiger partial charge in [-0.05, 0) is 61.2 Å². The molecule has 0 spiro atoms. The largest absolute Gasteiger partial charge is 0.343 e. The molecule has 27 heavy (non-hydrogen) atoms. The summed E-state index contributed by atoms with van der Waals surface area (Å²) in [6.07, 6.45) is 5.89. The molecule has 1 N–H and O–H groups in total. The van der Waals surface area contributed by atoms with Crippen LogP contribution in [-0.4, -0.2) is 32.3 Å². The number of sulfone groups is 1. The van der Waals surface area contributed by atoms with E-state index in [4.69, 9.17) is 0 Å². The molecule has 0 aliphatic carbocycles. The zero-order chi connectivity index (χ0) is 18.1. The van der Waals surface area contributed by atoms with Crippen molar-refractivity contribution in [1.29, 1.82) is 0 Å². The van der Waals surface area contributed by atoms with Crippen molar-refractivity contribution in [2.75, 3.05) is 19.3 Å². The van der Waals surface area contributed by atoms with Crippen LogP contribution in [-0.2, 0) is 16.4 Å². The Morgan fingerprint density at radius 3 is 2.37 bits per heavy atom. The third kappa shape index (κ3) is 4.21. The summed E-state index contributed by atoms with van der Waals surface area (Å²) in [6.45, 7) is 2.91. The molecule has 1 saturated heterocycles. The number of hydrogen-bond acceptors (Lipinski definition) is 3. The second-order valence-electron chi connectivity index (χ2n) is 7.17. The molecule has 4 nitrogen and oxygen atoms in total. The monoisotopic (exact) mass is 404 g/mol. The maximum Gasteiger partial charge on any atom is 0.175 e. The van der Waals surface area contributed by atoms with Crippen LogP contribution in [0, 0.1) is 0 Å². The highest BCUT2D eigenvalue weighted by atomic mass is 35.5. The maximum atomic E-state index is 11.6. The van der Waals surface area contributed by atoms with Crippen molar-refractivity contribution < 1.29 is 8.42 Å². The number of nitrogens with zero attached hydrogens (tertiary/aromatic N) is 1. The first-order valence-electron chi connectivity index (χ1n) is 9.10. The highest BCUT2D eigenvalue weighted by molar-refractivity contribution is 7.90. The fourth-order valence-corrected chi connectivity index (χ4v) is 4.53. The van der Waals surface area contributed by atoms with Crippen molar-refractivity contribution in [3.05, 3.63) is 65.9 Å². The van der Waals surface area contributed by atoms with Crippen molar-refractivity contribution in [2.24, 2.45) is 0 Å².